The van der Waals surface area contributed by atoms with Crippen molar-refractivity contribution in [1.82, 2.24) is 14.9 Å². The molecular weight excluding hydrogens is 424 g/mol. The number of benzene rings is 1. The Balaban J connectivity index is 1.16. The van der Waals surface area contributed by atoms with Crippen LogP contribution in [0.5, 0.6) is 5.75 Å². The van der Waals surface area contributed by atoms with Gasteiger partial charge in [0.2, 0.25) is 11.9 Å². The van der Waals surface area contributed by atoms with Crippen LogP contribution in [0.1, 0.15) is 25.7 Å². The van der Waals surface area contributed by atoms with Crippen molar-refractivity contribution in [2.75, 3.05) is 44.8 Å². The van der Waals surface area contributed by atoms with Gasteiger partial charge in [0.25, 0.3) is 0 Å². The van der Waals surface area contributed by atoms with Gasteiger partial charge in [-0.15, -0.1) is 0 Å². The van der Waals surface area contributed by atoms with Crippen LogP contribution in [-0.4, -0.2) is 71.8 Å². The van der Waals surface area contributed by atoms with Crippen LogP contribution in [0.3, 0.4) is 0 Å². The highest BCUT2D eigenvalue weighted by molar-refractivity contribution is 5.98. The molecule has 3 aliphatic rings. The Kier molecular flexibility index (Phi) is 6.24. The van der Waals surface area contributed by atoms with E-state index >= 15 is 0 Å². The van der Waals surface area contributed by atoms with Crippen LogP contribution < -0.4 is 10.1 Å². The number of fused-ring (bicyclic) bond motifs is 1. The van der Waals surface area contributed by atoms with Crippen molar-refractivity contribution in [3.8, 4) is 5.75 Å². The molecule has 1 aliphatic carbocycles. The molecule has 2 aromatic rings. The lowest BCUT2D eigenvalue weighted by Gasteiger charge is -2.43. The van der Waals surface area contributed by atoms with Crippen molar-refractivity contribution in [1.29, 1.82) is 0 Å². The molecule has 33 heavy (non-hydrogen) atoms. The lowest BCUT2D eigenvalue weighted by atomic mass is 9.92. The highest BCUT2D eigenvalue weighted by Crippen LogP contribution is 2.30. The average molecular weight is 453 g/mol. The Morgan fingerprint density at radius 3 is 2.97 bits per heavy atom. The second kappa shape index (κ2) is 9.44. The third kappa shape index (κ3) is 5.66. The number of aromatic nitrogens is 2. The maximum atomic E-state index is 12.4. The standard InChI is InChI=1S/C24H28N4O5/c29-21(2-1-9-28-14-22(30)33-24(16-28)7-10-31-11-8-24)27-23-25-13-18-5-6-19(12-20(18)26-23)32-15-17-3-4-17/h1-2,5-6,12-13,17H,3-4,7-11,14-16H2,(H,25,26,27,29)/b2-1+. The van der Waals surface area contributed by atoms with E-state index in [1.54, 1.807) is 12.3 Å². The van der Waals surface area contributed by atoms with Gasteiger partial charge in [-0.3, -0.25) is 19.8 Å². The van der Waals surface area contributed by atoms with Crippen molar-refractivity contribution in [3.05, 3.63) is 36.5 Å². The average Bonchev–Trinajstić information content (AvgIpc) is 3.62. The Morgan fingerprint density at radius 2 is 2.15 bits per heavy atom. The number of ether oxygens (including phenoxy) is 3. The van der Waals surface area contributed by atoms with Crippen molar-refractivity contribution < 1.29 is 23.8 Å². The summed E-state index contributed by atoms with van der Waals surface area (Å²) in [5.74, 6) is 1.12. The van der Waals surface area contributed by atoms with Gasteiger partial charge in [0, 0.05) is 49.7 Å². The van der Waals surface area contributed by atoms with E-state index in [1.165, 1.54) is 18.9 Å². The predicted molar refractivity (Wildman–Crippen MR) is 121 cm³/mol. The summed E-state index contributed by atoms with van der Waals surface area (Å²) in [6.45, 7) is 3.26. The summed E-state index contributed by atoms with van der Waals surface area (Å²) in [4.78, 5) is 35.1. The molecule has 0 radical (unpaired) electrons. The summed E-state index contributed by atoms with van der Waals surface area (Å²) < 4.78 is 16.8. The molecule has 0 unspecified atom stereocenters. The number of esters is 1. The summed E-state index contributed by atoms with van der Waals surface area (Å²) in [5.41, 5.74) is 0.246. The Morgan fingerprint density at radius 1 is 1.30 bits per heavy atom. The first-order valence-corrected chi connectivity index (χ1v) is 11.5. The van der Waals surface area contributed by atoms with Crippen LogP contribution in [-0.2, 0) is 19.1 Å². The van der Waals surface area contributed by atoms with Gasteiger partial charge in [-0.1, -0.05) is 6.08 Å². The molecule has 1 N–H and O–H groups in total. The van der Waals surface area contributed by atoms with Gasteiger partial charge in [0.15, 0.2) is 0 Å². The fourth-order valence-electron chi connectivity index (χ4n) is 4.20. The van der Waals surface area contributed by atoms with E-state index in [0.29, 0.717) is 50.6 Å². The molecule has 2 saturated heterocycles. The molecule has 5 rings (SSSR count). The number of carbonyl (C=O) groups is 2. The number of morpholine rings is 1. The second-order valence-corrected chi connectivity index (χ2v) is 9.00. The SMILES string of the molecule is O=C(/C=C/CN1CC(=O)OC2(CCOCC2)C1)Nc1ncc2ccc(OCC3CC3)cc2n1. The van der Waals surface area contributed by atoms with Gasteiger partial charge < -0.3 is 14.2 Å². The molecule has 3 fully saturated rings. The second-order valence-electron chi connectivity index (χ2n) is 9.00. The first-order chi connectivity index (χ1) is 16.1. The van der Waals surface area contributed by atoms with Crippen LogP contribution >= 0.6 is 0 Å². The minimum atomic E-state index is -0.468. The summed E-state index contributed by atoms with van der Waals surface area (Å²) in [5, 5.41) is 3.58. The first kappa shape index (κ1) is 21.8. The molecule has 0 atom stereocenters. The maximum absolute atomic E-state index is 12.4. The summed E-state index contributed by atoms with van der Waals surface area (Å²) >= 11 is 0. The summed E-state index contributed by atoms with van der Waals surface area (Å²) in [6, 6.07) is 5.69. The van der Waals surface area contributed by atoms with E-state index in [0.717, 1.165) is 17.7 Å². The van der Waals surface area contributed by atoms with Crippen LogP contribution in [0.15, 0.2) is 36.5 Å². The fraction of sp³-hybridized carbons (Fsp3) is 0.500. The molecule has 2 aliphatic heterocycles. The number of hydrogen-bond acceptors (Lipinski definition) is 8. The number of rotatable bonds is 7. The largest absolute Gasteiger partial charge is 0.493 e. The van der Waals surface area contributed by atoms with Gasteiger partial charge in [-0.05, 0) is 30.9 Å². The molecule has 0 bridgehead atoms. The molecule has 9 heteroatoms. The lowest BCUT2D eigenvalue weighted by Crippen LogP contribution is -2.56. The molecule has 1 aromatic heterocycles. The quantitative estimate of drug-likeness (QED) is 0.504. The molecule has 1 aromatic carbocycles. The van der Waals surface area contributed by atoms with Crippen molar-refractivity contribution in [2.24, 2.45) is 5.92 Å². The van der Waals surface area contributed by atoms with E-state index in [-0.39, 0.29) is 24.4 Å². The third-order valence-corrected chi connectivity index (χ3v) is 6.20. The number of hydrogen-bond donors (Lipinski definition) is 1. The first-order valence-electron chi connectivity index (χ1n) is 11.5. The summed E-state index contributed by atoms with van der Waals surface area (Å²) in [7, 11) is 0. The molecule has 1 saturated carbocycles. The number of anilines is 1. The number of nitrogens with zero attached hydrogens (tertiary/aromatic N) is 3. The fourth-order valence-corrected chi connectivity index (χ4v) is 4.20. The lowest BCUT2D eigenvalue weighted by molar-refractivity contribution is -0.185. The number of carbonyl (C=O) groups excluding carboxylic acids is 2. The molecular formula is C24H28N4O5. The Hall–Kier alpha value is -3.04. The van der Waals surface area contributed by atoms with Crippen LogP contribution in [0.2, 0.25) is 0 Å². The predicted octanol–water partition coefficient (Wildman–Crippen LogP) is 2.32. The molecule has 1 spiro atoms. The highest BCUT2D eigenvalue weighted by Gasteiger charge is 2.41. The van der Waals surface area contributed by atoms with E-state index in [1.807, 2.05) is 23.1 Å². The van der Waals surface area contributed by atoms with Gasteiger partial charge in [-0.25, -0.2) is 9.97 Å². The maximum Gasteiger partial charge on any atom is 0.320 e. The van der Waals surface area contributed by atoms with E-state index in [4.69, 9.17) is 14.2 Å². The smallest absolute Gasteiger partial charge is 0.320 e. The van der Waals surface area contributed by atoms with Crippen molar-refractivity contribution in [2.45, 2.75) is 31.3 Å². The number of nitrogens with one attached hydrogen (secondary N) is 1. The van der Waals surface area contributed by atoms with E-state index in [9.17, 15) is 9.59 Å². The van der Waals surface area contributed by atoms with Gasteiger partial charge in [-0.2, -0.15) is 0 Å². The topological polar surface area (TPSA) is 103 Å². The Labute approximate surface area is 192 Å². The Bertz CT molecular complexity index is 1060. The summed E-state index contributed by atoms with van der Waals surface area (Å²) in [6.07, 6.45) is 8.73. The van der Waals surface area contributed by atoms with Gasteiger partial charge >= 0.3 is 5.97 Å². The minimum absolute atomic E-state index is 0.216. The molecule has 3 heterocycles. The van der Waals surface area contributed by atoms with Gasteiger partial charge in [0.1, 0.15) is 11.4 Å². The molecule has 174 valence electrons. The third-order valence-electron chi connectivity index (χ3n) is 6.20. The normalized spacial score (nSPS) is 20.8. The number of amides is 1. The zero-order chi connectivity index (χ0) is 22.7. The van der Waals surface area contributed by atoms with Crippen LogP contribution in [0, 0.1) is 5.92 Å². The van der Waals surface area contributed by atoms with Crippen LogP contribution in [0.4, 0.5) is 5.95 Å². The molecule has 1 amide bonds. The highest BCUT2D eigenvalue weighted by atomic mass is 16.6. The van der Waals surface area contributed by atoms with Gasteiger partial charge in [0.05, 0.1) is 31.9 Å². The van der Waals surface area contributed by atoms with E-state index < -0.39 is 5.60 Å². The van der Waals surface area contributed by atoms with Crippen LogP contribution in [0.25, 0.3) is 10.9 Å². The zero-order valence-electron chi connectivity index (χ0n) is 18.5. The molecule has 9 nitrogen and oxygen atoms in total. The van der Waals surface area contributed by atoms with Crippen molar-refractivity contribution >= 4 is 28.7 Å². The van der Waals surface area contributed by atoms with Crippen molar-refractivity contribution in [3.63, 3.8) is 0 Å². The monoisotopic (exact) mass is 452 g/mol. The zero-order valence-corrected chi connectivity index (χ0v) is 18.5. The minimum Gasteiger partial charge on any atom is -0.493 e. The van der Waals surface area contributed by atoms with E-state index in [2.05, 4.69) is 15.3 Å².